The van der Waals surface area contributed by atoms with Crippen LogP contribution in [0.25, 0.3) is 0 Å². The number of carbonyl (C=O) groups excluding carboxylic acids is 3. The number of hydrogen-bond donors (Lipinski definition) is 0. The molecule has 1 saturated heterocycles. The minimum atomic E-state index is -0.773. The van der Waals surface area contributed by atoms with Crippen LogP contribution >= 0.6 is 0 Å². The van der Waals surface area contributed by atoms with Crippen molar-refractivity contribution in [1.82, 2.24) is 0 Å². The first-order chi connectivity index (χ1) is 12.0. The molecule has 1 aliphatic rings. The van der Waals surface area contributed by atoms with Gasteiger partial charge < -0.3 is 23.5 Å². The van der Waals surface area contributed by atoms with Crippen LogP contribution in [0, 0.1) is 0 Å². The molecule has 1 fully saturated rings. The zero-order valence-electron chi connectivity index (χ0n) is 14.8. The Hall–Kier alpha value is -2.35. The maximum atomic E-state index is 12.5. The maximum Gasteiger partial charge on any atom is 0.344 e. The minimum Gasteiger partial charge on any atom is -0.462 e. The van der Waals surface area contributed by atoms with Gasteiger partial charge in [-0.2, -0.15) is 0 Å². The van der Waals surface area contributed by atoms with Crippen molar-refractivity contribution in [1.29, 1.82) is 0 Å². The van der Waals surface area contributed by atoms with Gasteiger partial charge in [-0.1, -0.05) is 6.92 Å². The van der Waals surface area contributed by atoms with Crippen LogP contribution in [0.4, 0.5) is 5.88 Å². The Balaban J connectivity index is 2.62. The van der Waals surface area contributed by atoms with Crippen LogP contribution in [0.1, 0.15) is 58.5 Å². The number of Topliss-reactive ketones (excluding diaryl/α,β-unsaturated/α-hetero) is 1. The third-order valence-electron chi connectivity index (χ3n) is 3.72. The molecule has 1 aromatic rings. The molecule has 0 unspecified atom stereocenters. The van der Waals surface area contributed by atoms with Crippen molar-refractivity contribution >= 4 is 23.6 Å². The van der Waals surface area contributed by atoms with Gasteiger partial charge in [0.2, 0.25) is 5.88 Å². The van der Waals surface area contributed by atoms with E-state index in [1.165, 1.54) is 0 Å². The number of esters is 2. The van der Waals surface area contributed by atoms with Gasteiger partial charge in [0, 0.05) is 19.5 Å². The predicted molar refractivity (Wildman–Crippen MR) is 88.3 cm³/mol. The molecule has 25 heavy (non-hydrogen) atoms. The molecule has 0 aliphatic carbocycles. The van der Waals surface area contributed by atoms with Gasteiger partial charge in [-0.3, -0.25) is 4.79 Å². The van der Waals surface area contributed by atoms with Crippen LogP contribution in [-0.2, 0) is 14.2 Å². The molecule has 8 heteroatoms. The molecule has 0 N–H and O–H groups in total. The van der Waals surface area contributed by atoms with Crippen molar-refractivity contribution in [2.45, 2.75) is 27.2 Å². The quantitative estimate of drug-likeness (QED) is 0.543. The molecule has 0 spiro atoms. The van der Waals surface area contributed by atoms with Gasteiger partial charge in [0.15, 0.2) is 11.5 Å². The summed E-state index contributed by atoms with van der Waals surface area (Å²) < 4.78 is 21.1. The Morgan fingerprint density at radius 3 is 2.04 bits per heavy atom. The van der Waals surface area contributed by atoms with Crippen molar-refractivity contribution in [2.75, 3.05) is 44.4 Å². The summed E-state index contributed by atoms with van der Waals surface area (Å²) >= 11 is 0. The van der Waals surface area contributed by atoms with Gasteiger partial charge in [-0.25, -0.2) is 9.59 Å². The van der Waals surface area contributed by atoms with E-state index >= 15 is 0 Å². The van der Waals surface area contributed by atoms with E-state index in [-0.39, 0.29) is 48.2 Å². The Morgan fingerprint density at radius 1 is 0.960 bits per heavy atom. The summed E-state index contributed by atoms with van der Waals surface area (Å²) in [7, 11) is 0. The fourth-order valence-electron chi connectivity index (χ4n) is 2.56. The van der Waals surface area contributed by atoms with Crippen LogP contribution in [0.15, 0.2) is 4.42 Å². The molecule has 8 nitrogen and oxygen atoms in total. The topological polar surface area (TPSA) is 95.3 Å². The maximum absolute atomic E-state index is 12.5. The van der Waals surface area contributed by atoms with Crippen molar-refractivity contribution in [3.8, 4) is 0 Å². The summed E-state index contributed by atoms with van der Waals surface area (Å²) in [5.74, 6) is -1.88. The van der Waals surface area contributed by atoms with Gasteiger partial charge in [0.1, 0.15) is 11.1 Å². The third-order valence-corrected chi connectivity index (χ3v) is 3.72. The SMILES string of the molecule is CCOC(=O)c1c(C(=O)CC)oc(N2CCOCC2)c1C(=O)OCC. The molecule has 2 heterocycles. The smallest absolute Gasteiger partial charge is 0.344 e. The summed E-state index contributed by atoms with van der Waals surface area (Å²) in [5.41, 5.74) is -0.215. The van der Waals surface area contributed by atoms with Gasteiger partial charge in [-0.15, -0.1) is 0 Å². The first-order valence-corrected chi connectivity index (χ1v) is 8.41. The Morgan fingerprint density at radius 2 is 1.52 bits per heavy atom. The first kappa shape index (κ1) is 19.0. The van der Waals surface area contributed by atoms with E-state index in [1.807, 2.05) is 0 Å². The van der Waals surface area contributed by atoms with Crippen LogP contribution in [0.5, 0.6) is 0 Å². The van der Waals surface area contributed by atoms with E-state index < -0.39 is 11.9 Å². The predicted octanol–water partition coefficient (Wildman–Crippen LogP) is 2.06. The summed E-state index contributed by atoms with van der Waals surface area (Å²) in [6.07, 6.45) is 0.130. The average molecular weight is 353 g/mol. The number of ketones is 1. The molecule has 0 bridgehead atoms. The van der Waals surface area contributed by atoms with Gasteiger partial charge in [0.25, 0.3) is 0 Å². The molecule has 0 aromatic carbocycles. The molecular weight excluding hydrogens is 330 g/mol. The van der Waals surface area contributed by atoms with E-state index in [9.17, 15) is 14.4 Å². The molecule has 2 rings (SSSR count). The van der Waals surface area contributed by atoms with Crippen molar-refractivity contribution in [2.24, 2.45) is 0 Å². The summed E-state index contributed by atoms with van der Waals surface area (Å²) in [4.78, 5) is 39.0. The second kappa shape index (κ2) is 8.66. The highest BCUT2D eigenvalue weighted by Crippen LogP contribution is 2.33. The van der Waals surface area contributed by atoms with E-state index in [0.717, 1.165) is 0 Å². The molecule has 0 atom stereocenters. The van der Waals surface area contributed by atoms with Crippen LogP contribution < -0.4 is 4.90 Å². The third kappa shape index (κ3) is 4.01. The van der Waals surface area contributed by atoms with Gasteiger partial charge >= 0.3 is 11.9 Å². The Kier molecular flexibility index (Phi) is 6.58. The van der Waals surface area contributed by atoms with E-state index in [4.69, 9.17) is 18.6 Å². The molecular formula is C17H23NO7. The van der Waals surface area contributed by atoms with Crippen molar-refractivity contribution in [3.63, 3.8) is 0 Å². The van der Waals surface area contributed by atoms with Gasteiger partial charge in [-0.05, 0) is 13.8 Å². The number of nitrogens with zero attached hydrogens (tertiary/aromatic N) is 1. The Labute approximate surface area is 146 Å². The van der Waals surface area contributed by atoms with Gasteiger partial charge in [0.05, 0.1) is 26.4 Å². The zero-order valence-corrected chi connectivity index (χ0v) is 14.8. The molecule has 1 aliphatic heterocycles. The summed E-state index contributed by atoms with van der Waals surface area (Å²) in [6.45, 7) is 7.05. The number of carbonyl (C=O) groups is 3. The second-order valence-electron chi connectivity index (χ2n) is 5.30. The normalized spacial score (nSPS) is 14.3. The standard InChI is InChI=1S/C17H23NO7/c1-4-11(19)14-12(16(20)23-5-2)13(17(21)24-6-3)15(25-14)18-7-9-22-10-8-18/h4-10H2,1-3H3. The highest BCUT2D eigenvalue weighted by Gasteiger charge is 2.36. The average Bonchev–Trinajstić information content (AvgIpc) is 3.03. The lowest BCUT2D eigenvalue weighted by atomic mass is 10.1. The number of morpholine rings is 1. The summed E-state index contributed by atoms with van der Waals surface area (Å²) in [5, 5.41) is 0. The van der Waals surface area contributed by atoms with Crippen LogP contribution in [-0.4, -0.2) is 57.2 Å². The van der Waals surface area contributed by atoms with E-state index in [2.05, 4.69) is 0 Å². The second-order valence-corrected chi connectivity index (χ2v) is 5.30. The lowest BCUT2D eigenvalue weighted by Gasteiger charge is -2.27. The largest absolute Gasteiger partial charge is 0.462 e. The number of anilines is 1. The number of ether oxygens (including phenoxy) is 3. The number of rotatable bonds is 7. The lowest BCUT2D eigenvalue weighted by molar-refractivity contribution is 0.0479. The number of hydrogen-bond acceptors (Lipinski definition) is 8. The fourth-order valence-corrected chi connectivity index (χ4v) is 2.56. The molecule has 138 valence electrons. The molecule has 0 amide bonds. The molecule has 0 radical (unpaired) electrons. The lowest BCUT2D eigenvalue weighted by Crippen LogP contribution is -2.37. The van der Waals surface area contributed by atoms with E-state index in [0.29, 0.717) is 26.3 Å². The summed E-state index contributed by atoms with van der Waals surface area (Å²) in [6, 6.07) is 0. The number of furan rings is 1. The minimum absolute atomic E-state index is 0.0565. The molecule has 0 saturated carbocycles. The Bertz CT molecular complexity index is 644. The monoisotopic (exact) mass is 353 g/mol. The zero-order chi connectivity index (χ0) is 18.4. The van der Waals surface area contributed by atoms with Crippen molar-refractivity contribution in [3.05, 3.63) is 16.9 Å². The van der Waals surface area contributed by atoms with Crippen LogP contribution in [0.3, 0.4) is 0 Å². The highest BCUT2D eigenvalue weighted by atomic mass is 16.5. The first-order valence-electron chi connectivity index (χ1n) is 8.41. The van der Waals surface area contributed by atoms with E-state index in [1.54, 1.807) is 25.7 Å². The van der Waals surface area contributed by atoms with Crippen molar-refractivity contribution < 1.29 is 33.0 Å². The van der Waals surface area contributed by atoms with Crippen LogP contribution in [0.2, 0.25) is 0 Å². The highest BCUT2D eigenvalue weighted by molar-refractivity contribution is 6.13. The fraction of sp³-hybridized carbons (Fsp3) is 0.588. The molecule has 1 aromatic heterocycles.